The molecule has 0 aromatic carbocycles. The molecule has 2 nitrogen and oxygen atoms in total. The lowest BCUT2D eigenvalue weighted by Crippen LogP contribution is -2.35. The summed E-state index contributed by atoms with van der Waals surface area (Å²) in [6, 6.07) is 0. The zero-order valence-electron chi connectivity index (χ0n) is 8.16. The van der Waals surface area contributed by atoms with Crippen LogP contribution in [0.2, 0.25) is 0 Å². The number of hydrogen-bond donors (Lipinski definition) is 1. The van der Waals surface area contributed by atoms with Crippen molar-refractivity contribution in [3.05, 3.63) is 0 Å². The van der Waals surface area contributed by atoms with Crippen LogP contribution < -0.4 is 0 Å². The van der Waals surface area contributed by atoms with E-state index in [4.69, 9.17) is 5.11 Å². The molecule has 4 atom stereocenters. The maximum absolute atomic E-state index is 13.2. The Morgan fingerprint density at radius 3 is 2.62 bits per heavy atom. The van der Waals surface area contributed by atoms with Gasteiger partial charge in [0.15, 0.2) is 6.17 Å². The predicted molar refractivity (Wildman–Crippen MR) is 48.2 cm³/mol. The van der Waals surface area contributed by atoms with Gasteiger partial charge in [0.05, 0.1) is 0 Å². The SMILES string of the molecule is CC1CCCC(C(F)C(=O)O)C1C. The zero-order valence-corrected chi connectivity index (χ0v) is 8.16. The summed E-state index contributed by atoms with van der Waals surface area (Å²) in [5.41, 5.74) is 0. The van der Waals surface area contributed by atoms with Gasteiger partial charge < -0.3 is 5.11 Å². The highest BCUT2D eigenvalue weighted by Crippen LogP contribution is 2.37. The zero-order chi connectivity index (χ0) is 10.0. The third-order valence-electron chi connectivity index (χ3n) is 3.38. The lowest BCUT2D eigenvalue weighted by Gasteiger charge is -2.34. The van der Waals surface area contributed by atoms with E-state index < -0.39 is 12.1 Å². The largest absolute Gasteiger partial charge is 0.479 e. The van der Waals surface area contributed by atoms with Gasteiger partial charge in [0.25, 0.3) is 0 Å². The van der Waals surface area contributed by atoms with E-state index in [9.17, 15) is 9.18 Å². The maximum Gasteiger partial charge on any atom is 0.338 e. The number of aliphatic carboxylic acids is 1. The summed E-state index contributed by atoms with van der Waals surface area (Å²) in [6.45, 7) is 4.04. The molecule has 1 aliphatic rings. The second kappa shape index (κ2) is 4.07. The lowest BCUT2D eigenvalue weighted by molar-refractivity contribution is -0.146. The van der Waals surface area contributed by atoms with E-state index in [2.05, 4.69) is 6.92 Å². The molecule has 4 unspecified atom stereocenters. The Morgan fingerprint density at radius 1 is 1.46 bits per heavy atom. The summed E-state index contributed by atoms with van der Waals surface area (Å²) in [7, 11) is 0. The first-order valence-electron chi connectivity index (χ1n) is 4.91. The summed E-state index contributed by atoms with van der Waals surface area (Å²) in [5.74, 6) is -0.927. The van der Waals surface area contributed by atoms with E-state index >= 15 is 0 Å². The Hall–Kier alpha value is -0.600. The number of rotatable bonds is 2. The normalized spacial score (nSPS) is 37.0. The molecule has 0 aromatic rings. The minimum absolute atomic E-state index is 0.194. The van der Waals surface area contributed by atoms with Crippen LogP contribution in [-0.2, 0) is 4.79 Å². The van der Waals surface area contributed by atoms with E-state index in [0.717, 1.165) is 19.3 Å². The highest BCUT2D eigenvalue weighted by molar-refractivity contribution is 5.72. The van der Waals surface area contributed by atoms with Crippen molar-refractivity contribution < 1.29 is 14.3 Å². The quantitative estimate of drug-likeness (QED) is 0.722. The van der Waals surface area contributed by atoms with Gasteiger partial charge in [-0.05, 0) is 18.3 Å². The van der Waals surface area contributed by atoms with Crippen LogP contribution in [0.15, 0.2) is 0 Å². The molecular formula is C10H17FO2. The molecule has 1 fully saturated rings. The molecule has 1 saturated carbocycles. The molecule has 0 radical (unpaired) electrons. The first kappa shape index (κ1) is 10.5. The second-order valence-corrected chi connectivity index (χ2v) is 4.17. The van der Waals surface area contributed by atoms with Gasteiger partial charge in [-0.2, -0.15) is 0 Å². The number of halogens is 1. The second-order valence-electron chi connectivity index (χ2n) is 4.17. The van der Waals surface area contributed by atoms with Crippen molar-refractivity contribution >= 4 is 5.97 Å². The summed E-state index contributed by atoms with van der Waals surface area (Å²) < 4.78 is 13.2. The van der Waals surface area contributed by atoms with E-state index in [1.807, 2.05) is 6.92 Å². The standard InChI is InChI=1S/C10H17FO2/c1-6-4-3-5-8(7(6)2)9(11)10(12)13/h6-9H,3-5H2,1-2H3,(H,12,13). The van der Waals surface area contributed by atoms with Crippen LogP contribution in [0, 0.1) is 17.8 Å². The Balaban J connectivity index is 2.62. The predicted octanol–water partition coefficient (Wildman–Crippen LogP) is 2.48. The van der Waals surface area contributed by atoms with Gasteiger partial charge in [-0.15, -0.1) is 0 Å². The topological polar surface area (TPSA) is 37.3 Å². The van der Waals surface area contributed by atoms with Gasteiger partial charge in [-0.3, -0.25) is 0 Å². The lowest BCUT2D eigenvalue weighted by atomic mass is 9.72. The molecule has 0 amide bonds. The van der Waals surface area contributed by atoms with E-state index in [-0.39, 0.29) is 11.8 Å². The first-order valence-corrected chi connectivity index (χ1v) is 4.91. The van der Waals surface area contributed by atoms with Crippen molar-refractivity contribution in [1.29, 1.82) is 0 Å². The molecule has 0 bridgehead atoms. The Bertz CT molecular complexity index is 193. The summed E-state index contributed by atoms with van der Waals surface area (Å²) in [6.07, 6.45) is 1.12. The molecule has 0 saturated heterocycles. The smallest absolute Gasteiger partial charge is 0.338 e. The van der Waals surface area contributed by atoms with E-state index in [0.29, 0.717) is 5.92 Å². The van der Waals surface area contributed by atoms with Gasteiger partial charge in [0.1, 0.15) is 0 Å². The van der Waals surface area contributed by atoms with Crippen LogP contribution in [0.3, 0.4) is 0 Å². The Morgan fingerprint density at radius 2 is 2.08 bits per heavy atom. The summed E-state index contributed by atoms with van der Waals surface area (Å²) in [4.78, 5) is 10.5. The minimum Gasteiger partial charge on any atom is -0.479 e. The molecule has 0 aliphatic heterocycles. The summed E-state index contributed by atoms with van der Waals surface area (Å²) in [5, 5.41) is 8.56. The third-order valence-corrected chi connectivity index (χ3v) is 3.38. The van der Waals surface area contributed by atoms with Crippen LogP contribution in [-0.4, -0.2) is 17.2 Å². The average Bonchev–Trinajstić information content (AvgIpc) is 2.08. The number of carboxylic acids is 1. The average molecular weight is 188 g/mol. The first-order chi connectivity index (χ1) is 6.04. The van der Waals surface area contributed by atoms with Gasteiger partial charge in [0.2, 0.25) is 0 Å². The van der Waals surface area contributed by atoms with Crippen molar-refractivity contribution in [1.82, 2.24) is 0 Å². The molecule has 1 rings (SSSR count). The molecule has 3 heteroatoms. The monoisotopic (exact) mass is 188 g/mol. The Kier molecular flexibility index (Phi) is 3.28. The van der Waals surface area contributed by atoms with Crippen LogP contribution in [0.5, 0.6) is 0 Å². The van der Waals surface area contributed by atoms with Gasteiger partial charge in [0, 0.05) is 5.92 Å². The number of alkyl halides is 1. The van der Waals surface area contributed by atoms with E-state index in [1.165, 1.54) is 0 Å². The highest BCUT2D eigenvalue weighted by Gasteiger charge is 2.36. The molecule has 1 aliphatic carbocycles. The maximum atomic E-state index is 13.2. The number of hydrogen-bond acceptors (Lipinski definition) is 1. The Labute approximate surface area is 78.1 Å². The van der Waals surface area contributed by atoms with Crippen LogP contribution in [0.1, 0.15) is 33.1 Å². The minimum atomic E-state index is -1.67. The fourth-order valence-electron chi connectivity index (χ4n) is 2.22. The highest BCUT2D eigenvalue weighted by atomic mass is 19.1. The van der Waals surface area contributed by atoms with Crippen molar-refractivity contribution in [3.8, 4) is 0 Å². The number of carbonyl (C=O) groups is 1. The molecule has 0 spiro atoms. The molecule has 0 heterocycles. The van der Waals surface area contributed by atoms with Gasteiger partial charge in [-0.25, -0.2) is 9.18 Å². The van der Waals surface area contributed by atoms with Crippen molar-refractivity contribution in [2.24, 2.45) is 17.8 Å². The van der Waals surface area contributed by atoms with Gasteiger partial charge >= 0.3 is 5.97 Å². The molecule has 0 aromatic heterocycles. The van der Waals surface area contributed by atoms with Crippen LogP contribution in [0.25, 0.3) is 0 Å². The summed E-state index contributed by atoms with van der Waals surface area (Å²) >= 11 is 0. The van der Waals surface area contributed by atoms with E-state index in [1.54, 1.807) is 0 Å². The van der Waals surface area contributed by atoms with Crippen molar-refractivity contribution in [3.63, 3.8) is 0 Å². The fraction of sp³-hybridized carbons (Fsp3) is 0.900. The molecule has 76 valence electrons. The van der Waals surface area contributed by atoms with Crippen molar-refractivity contribution in [2.45, 2.75) is 39.3 Å². The molecule has 13 heavy (non-hydrogen) atoms. The van der Waals surface area contributed by atoms with Crippen molar-refractivity contribution in [2.75, 3.05) is 0 Å². The third kappa shape index (κ3) is 2.20. The van der Waals surface area contributed by atoms with Crippen LogP contribution in [0.4, 0.5) is 4.39 Å². The van der Waals surface area contributed by atoms with Crippen LogP contribution >= 0.6 is 0 Å². The number of carboxylic acid groups (broad SMARTS) is 1. The fourth-order valence-corrected chi connectivity index (χ4v) is 2.22. The molecule has 1 N–H and O–H groups in total. The van der Waals surface area contributed by atoms with Gasteiger partial charge in [-0.1, -0.05) is 26.7 Å². The molecular weight excluding hydrogens is 171 g/mol.